The standard InChI is InChI=1S/C12H29N3Si3/c1-16(2,3)14-10-12(13-11-14)15(17(4,5)6)18(7,8)9/h10-11H,1-9H3. The molecule has 0 aromatic carbocycles. The van der Waals surface area contributed by atoms with Crippen LogP contribution in [0, 0.1) is 0 Å². The summed E-state index contributed by atoms with van der Waals surface area (Å²) < 4.78 is 5.03. The molecule has 0 saturated heterocycles. The Morgan fingerprint density at radius 1 is 0.889 bits per heavy atom. The lowest BCUT2D eigenvalue weighted by Crippen LogP contribution is -2.59. The van der Waals surface area contributed by atoms with Gasteiger partial charge < -0.3 is 8.46 Å². The Morgan fingerprint density at radius 2 is 1.33 bits per heavy atom. The third kappa shape index (κ3) is 3.58. The Labute approximate surface area is 115 Å². The summed E-state index contributed by atoms with van der Waals surface area (Å²) in [5.74, 6) is 1.20. The lowest BCUT2D eigenvalue weighted by atomic mass is 10.8. The molecule has 0 amide bonds. The highest BCUT2D eigenvalue weighted by Gasteiger charge is 2.36. The Hall–Kier alpha value is -0.339. The molecule has 1 aromatic rings. The van der Waals surface area contributed by atoms with Crippen LogP contribution in [0.25, 0.3) is 0 Å². The Balaban J connectivity index is 3.21. The molecule has 104 valence electrons. The van der Waals surface area contributed by atoms with E-state index in [0.29, 0.717) is 0 Å². The number of aromatic nitrogens is 2. The molecule has 0 bridgehead atoms. The van der Waals surface area contributed by atoms with Crippen LogP contribution in [-0.2, 0) is 0 Å². The van der Waals surface area contributed by atoms with Crippen molar-refractivity contribution in [2.24, 2.45) is 0 Å². The molecule has 1 heterocycles. The van der Waals surface area contributed by atoms with Crippen molar-refractivity contribution in [3.05, 3.63) is 12.5 Å². The first-order valence-electron chi connectivity index (χ1n) is 6.68. The van der Waals surface area contributed by atoms with Crippen LogP contribution in [0.3, 0.4) is 0 Å². The third-order valence-electron chi connectivity index (χ3n) is 2.91. The molecule has 0 atom stereocenters. The molecular weight excluding hydrogens is 270 g/mol. The van der Waals surface area contributed by atoms with Crippen LogP contribution in [0.2, 0.25) is 58.9 Å². The van der Waals surface area contributed by atoms with Gasteiger partial charge in [0.05, 0.1) is 6.33 Å². The number of hydrogen-bond donors (Lipinski definition) is 0. The molecule has 1 rings (SSSR count). The number of hydrogen-bond acceptors (Lipinski definition) is 2. The summed E-state index contributed by atoms with van der Waals surface area (Å²) in [6.45, 7) is 21.6. The number of imidazole rings is 1. The molecule has 6 heteroatoms. The van der Waals surface area contributed by atoms with Crippen molar-refractivity contribution >= 4 is 30.5 Å². The van der Waals surface area contributed by atoms with Gasteiger partial charge in [-0.3, -0.25) is 0 Å². The molecule has 0 spiro atoms. The van der Waals surface area contributed by atoms with Crippen LogP contribution >= 0.6 is 0 Å². The first-order valence-corrected chi connectivity index (χ1v) is 17.0. The monoisotopic (exact) mass is 299 g/mol. The molecule has 0 aliphatic rings. The average Bonchev–Trinajstić information content (AvgIpc) is 2.45. The fourth-order valence-corrected chi connectivity index (χ4v) is 13.1. The minimum atomic E-state index is -1.37. The molecular formula is C12H29N3Si3. The normalized spacial score (nSPS) is 13.8. The van der Waals surface area contributed by atoms with Gasteiger partial charge in [0.25, 0.3) is 0 Å². The Morgan fingerprint density at radius 3 is 1.61 bits per heavy atom. The predicted octanol–water partition coefficient (Wildman–Crippen LogP) is 4.04. The van der Waals surface area contributed by atoms with Crippen LogP contribution in [0.5, 0.6) is 0 Å². The van der Waals surface area contributed by atoms with Gasteiger partial charge in [-0.2, -0.15) is 0 Å². The van der Waals surface area contributed by atoms with Crippen molar-refractivity contribution in [2.45, 2.75) is 58.9 Å². The van der Waals surface area contributed by atoms with Crippen molar-refractivity contribution in [3.8, 4) is 0 Å². The zero-order valence-electron chi connectivity index (χ0n) is 13.5. The molecule has 0 radical (unpaired) electrons. The van der Waals surface area contributed by atoms with Gasteiger partial charge in [0.1, 0.15) is 22.3 Å². The molecule has 0 aliphatic carbocycles. The van der Waals surface area contributed by atoms with E-state index in [4.69, 9.17) is 4.98 Å². The highest BCUT2D eigenvalue weighted by atomic mass is 28.4. The molecule has 0 saturated carbocycles. The zero-order chi connectivity index (χ0) is 14.4. The Bertz CT molecular complexity index is 393. The summed E-state index contributed by atoms with van der Waals surface area (Å²) in [5.41, 5.74) is 0. The van der Waals surface area contributed by atoms with Gasteiger partial charge in [0.15, 0.2) is 8.24 Å². The van der Waals surface area contributed by atoms with E-state index >= 15 is 0 Å². The molecule has 0 fully saturated rings. The minimum absolute atomic E-state index is 1.20. The molecule has 18 heavy (non-hydrogen) atoms. The van der Waals surface area contributed by atoms with E-state index in [-0.39, 0.29) is 0 Å². The van der Waals surface area contributed by atoms with Gasteiger partial charge in [-0.25, -0.2) is 4.98 Å². The summed E-state index contributed by atoms with van der Waals surface area (Å²) in [4.78, 5) is 4.71. The first kappa shape index (κ1) is 15.7. The number of rotatable bonds is 4. The molecule has 3 nitrogen and oxygen atoms in total. The summed E-state index contributed by atoms with van der Waals surface area (Å²) >= 11 is 0. The summed E-state index contributed by atoms with van der Waals surface area (Å²) in [6, 6.07) is 0. The number of nitrogens with zero attached hydrogens (tertiary/aromatic N) is 3. The highest BCUT2D eigenvalue weighted by Crippen LogP contribution is 2.27. The predicted molar refractivity (Wildman–Crippen MR) is 90.1 cm³/mol. The van der Waals surface area contributed by atoms with Gasteiger partial charge >= 0.3 is 0 Å². The van der Waals surface area contributed by atoms with Crippen LogP contribution in [0.4, 0.5) is 5.82 Å². The molecule has 0 N–H and O–H groups in total. The van der Waals surface area contributed by atoms with Crippen LogP contribution in [0.15, 0.2) is 12.5 Å². The maximum Gasteiger partial charge on any atom is 0.154 e. The van der Waals surface area contributed by atoms with Crippen LogP contribution in [-0.4, -0.2) is 33.9 Å². The topological polar surface area (TPSA) is 21.1 Å². The SMILES string of the molecule is C[Si](C)(C)N(c1cn([Si](C)(C)C)cn1)[Si](C)(C)C. The van der Waals surface area contributed by atoms with Crippen molar-refractivity contribution in [1.82, 2.24) is 9.22 Å². The van der Waals surface area contributed by atoms with E-state index in [1.165, 1.54) is 5.82 Å². The second-order valence-electron chi connectivity index (χ2n) is 7.99. The molecule has 0 aliphatic heterocycles. The van der Waals surface area contributed by atoms with E-state index in [2.05, 4.69) is 73.6 Å². The third-order valence-corrected chi connectivity index (χ3v) is 11.9. The van der Waals surface area contributed by atoms with Crippen molar-refractivity contribution < 1.29 is 0 Å². The number of anilines is 1. The van der Waals surface area contributed by atoms with E-state index in [1.807, 2.05) is 6.33 Å². The lowest BCUT2D eigenvalue weighted by Gasteiger charge is -2.44. The molecule has 0 unspecified atom stereocenters. The minimum Gasteiger partial charge on any atom is -0.408 e. The smallest absolute Gasteiger partial charge is 0.154 e. The summed E-state index contributed by atoms with van der Waals surface area (Å²) in [5, 5.41) is 0. The van der Waals surface area contributed by atoms with Gasteiger partial charge in [-0.15, -0.1) is 0 Å². The average molecular weight is 300 g/mol. The van der Waals surface area contributed by atoms with Gasteiger partial charge in [0.2, 0.25) is 0 Å². The quantitative estimate of drug-likeness (QED) is 0.782. The summed E-state index contributed by atoms with van der Waals surface area (Å²) in [7, 11) is -4.07. The van der Waals surface area contributed by atoms with Gasteiger partial charge in [-0.05, 0) is 0 Å². The van der Waals surface area contributed by atoms with Crippen molar-refractivity contribution in [3.63, 3.8) is 0 Å². The van der Waals surface area contributed by atoms with E-state index in [1.54, 1.807) is 0 Å². The highest BCUT2D eigenvalue weighted by molar-refractivity contribution is 6.99. The lowest BCUT2D eigenvalue weighted by molar-refractivity contribution is 1.12. The van der Waals surface area contributed by atoms with Gasteiger partial charge in [-0.1, -0.05) is 58.9 Å². The van der Waals surface area contributed by atoms with Crippen molar-refractivity contribution in [2.75, 3.05) is 4.23 Å². The second kappa shape index (κ2) is 4.64. The molecule has 1 aromatic heterocycles. The first-order chi connectivity index (χ1) is 7.83. The van der Waals surface area contributed by atoms with Crippen LogP contribution in [0.1, 0.15) is 0 Å². The van der Waals surface area contributed by atoms with Crippen LogP contribution < -0.4 is 4.23 Å². The van der Waals surface area contributed by atoms with E-state index < -0.39 is 24.7 Å². The Kier molecular flexibility index (Phi) is 4.06. The zero-order valence-corrected chi connectivity index (χ0v) is 16.5. The van der Waals surface area contributed by atoms with E-state index in [9.17, 15) is 0 Å². The fraction of sp³-hybridized carbons (Fsp3) is 0.750. The van der Waals surface area contributed by atoms with Gasteiger partial charge in [0, 0.05) is 6.20 Å². The van der Waals surface area contributed by atoms with Crippen molar-refractivity contribution in [1.29, 1.82) is 0 Å². The second-order valence-corrected chi connectivity index (χ2v) is 22.9. The largest absolute Gasteiger partial charge is 0.408 e. The summed E-state index contributed by atoms with van der Waals surface area (Å²) in [6.07, 6.45) is 4.32. The van der Waals surface area contributed by atoms with E-state index in [0.717, 1.165) is 0 Å². The maximum atomic E-state index is 4.71. The fourth-order valence-electron chi connectivity index (χ4n) is 2.49. The maximum absolute atomic E-state index is 4.71.